The minimum Gasteiger partial charge on any atom is -0.466 e. The molecule has 3 aromatic rings. The number of aldehydes is 1. The van der Waals surface area contributed by atoms with E-state index in [0.717, 1.165) is 27.8 Å². The van der Waals surface area contributed by atoms with Gasteiger partial charge in [-0.05, 0) is 93.8 Å². The molecule has 0 fully saturated rings. The molecule has 8 nitrogen and oxygen atoms in total. The molecule has 230 valence electrons. The molecule has 0 saturated heterocycles. The molecule has 0 aliphatic carbocycles. The molecule has 0 saturated carbocycles. The molecular formula is C34H42FN3O5. The number of nitrogens with zero attached hydrogens (tertiary/aromatic N) is 2. The van der Waals surface area contributed by atoms with Crippen molar-refractivity contribution in [3.05, 3.63) is 85.8 Å². The molecule has 9 heteroatoms. The number of ether oxygens (including phenoxy) is 1. The Morgan fingerprint density at radius 2 is 1.70 bits per heavy atom. The molecule has 43 heavy (non-hydrogen) atoms. The lowest BCUT2D eigenvalue weighted by Crippen LogP contribution is -2.41. The molecule has 1 amide bonds. The Hall–Kier alpha value is -4.14. The van der Waals surface area contributed by atoms with Crippen molar-refractivity contribution in [1.82, 2.24) is 14.9 Å². The first-order valence-corrected chi connectivity index (χ1v) is 14.6. The Labute approximate surface area is 252 Å². The predicted octanol–water partition coefficient (Wildman–Crippen LogP) is 5.73. The summed E-state index contributed by atoms with van der Waals surface area (Å²) in [5.41, 5.74) is 5.45. The van der Waals surface area contributed by atoms with Gasteiger partial charge in [0.15, 0.2) is 0 Å². The molecule has 3 rings (SSSR count). The van der Waals surface area contributed by atoms with Crippen molar-refractivity contribution in [2.24, 2.45) is 5.92 Å². The van der Waals surface area contributed by atoms with Crippen LogP contribution in [0.3, 0.4) is 0 Å². The molecule has 0 bridgehead atoms. The molecule has 2 aromatic carbocycles. The van der Waals surface area contributed by atoms with E-state index in [4.69, 9.17) is 4.74 Å². The molecule has 0 aliphatic heterocycles. The van der Waals surface area contributed by atoms with Gasteiger partial charge < -0.3 is 14.8 Å². The number of amides is 1. The highest BCUT2D eigenvalue weighted by Crippen LogP contribution is 2.34. The fourth-order valence-electron chi connectivity index (χ4n) is 5.63. The smallest absolute Gasteiger partial charge is 0.308 e. The van der Waals surface area contributed by atoms with Gasteiger partial charge >= 0.3 is 5.97 Å². The Bertz CT molecular complexity index is 1550. The SMILES string of the molecule is CCOC(=O)C[C@H](NC(=O)[C@H](CC(C)C)n1cc(CC=O)nc(C)c1=O)c1cc(-c2c(C)cc(C)cc2C)cc(C)c1F. The highest BCUT2D eigenvalue weighted by atomic mass is 19.1. The van der Waals surface area contributed by atoms with Gasteiger partial charge in [0.1, 0.15) is 23.8 Å². The fraction of sp³-hybridized carbons (Fsp3) is 0.441. The van der Waals surface area contributed by atoms with Crippen LogP contribution in [0.4, 0.5) is 4.39 Å². The Balaban J connectivity index is 2.16. The Morgan fingerprint density at radius 3 is 2.28 bits per heavy atom. The lowest BCUT2D eigenvalue weighted by atomic mass is 9.89. The summed E-state index contributed by atoms with van der Waals surface area (Å²) < 4.78 is 22.4. The van der Waals surface area contributed by atoms with Gasteiger partial charge in [-0.15, -0.1) is 0 Å². The Morgan fingerprint density at radius 1 is 1.05 bits per heavy atom. The molecule has 0 unspecified atom stereocenters. The zero-order valence-electron chi connectivity index (χ0n) is 26.3. The van der Waals surface area contributed by atoms with Crippen LogP contribution in [0, 0.1) is 46.4 Å². The zero-order valence-corrected chi connectivity index (χ0v) is 26.3. The van der Waals surface area contributed by atoms with Gasteiger partial charge in [-0.3, -0.25) is 23.9 Å². The number of benzene rings is 2. The third-order valence-corrected chi connectivity index (χ3v) is 7.39. The highest BCUT2D eigenvalue weighted by molar-refractivity contribution is 5.82. The van der Waals surface area contributed by atoms with Crippen molar-refractivity contribution in [3.63, 3.8) is 0 Å². The Kier molecular flexibility index (Phi) is 11.1. The first-order valence-electron chi connectivity index (χ1n) is 14.6. The number of carbonyl (C=O) groups is 3. The van der Waals surface area contributed by atoms with Crippen molar-refractivity contribution < 1.29 is 23.5 Å². The van der Waals surface area contributed by atoms with E-state index >= 15 is 4.39 Å². The number of esters is 1. The average molecular weight is 592 g/mol. The summed E-state index contributed by atoms with van der Waals surface area (Å²) in [4.78, 5) is 55.3. The maximum absolute atomic E-state index is 15.9. The monoisotopic (exact) mass is 591 g/mol. The third-order valence-electron chi connectivity index (χ3n) is 7.39. The number of aryl methyl sites for hydroxylation is 5. The van der Waals surface area contributed by atoms with Crippen LogP contribution < -0.4 is 10.9 Å². The fourth-order valence-corrected chi connectivity index (χ4v) is 5.63. The average Bonchev–Trinajstić information content (AvgIpc) is 2.90. The van der Waals surface area contributed by atoms with Gasteiger partial charge in [0.2, 0.25) is 5.91 Å². The maximum Gasteiger partial charge on any atom is 0.308 e. The largest absolute Gasteiger partial charge is 0.466 e. The predicted molar refractivity (Wildman–Crippen MR) is 164 cm³/mol. The van der Waals surface area contributed by atoms with E-state index in [2.05, 4.69) is 22.4 Å². The lowest BCUT2D eigenvalue weighted by molar-refractivity contribution is -0.144. The van der Waals surface area contributed by atoms with E-state index in [0.29, 0.717) is 17.5 Å². The van der Waals surface area contributed by atoms with E-state index in [1.54, 1.807) is 26.0 Å². The molecule has 1 N–H and O–H groups in total. The van der Waals surface area contributed by atoms with Crippen molar-refractivity contribution in [2.45, 2.75) is 86.7 Å². The summed E-state index contributed by atoms with van der Waals surface area (Å²) in [5.74, 6) is -1.68. The molecule has 1 heterocycles. The summed E-state index contributed by atoms with van der Waals surface area (Å²) >= 11 is 0. The highest BCUT2D eigenvalue weighted by Gasteiger charge is 2.30. The maximum atomic E-state index is 15.9. The second kappa shape index (κ2) is 14.4. The van der Waals surface area contributed by atoms with Crippen LogP contribution in [0.5, 0.6) is 0 Å². The van der Waals surface area contributed by atoms with Crippen LogP contribution in [0.25, 0.3) is 11.1 Å². The second-order valence-corrected chi connectivity index (χ2v) is 11.6. The number of carbonyl (C=O) groups excluding carboxylic acids is 3. The molecule has 1 aromatic heterocycles. The molecule has 2 atom stereocenters. The van der Waals surface area contributed by atoms with Crippen molar-refractivity contribution in [2.75, 3.05) is 6.61 Å². The number of halogens is 1. The van der Waals surface area contributed by atoms with Crippen LogP contribution >= 0.6 is 0 Å². The van der Waals surface area contributed by atoms with Crippen LogP contribution in [-0.2, 0) is 25.5 Å². The number of aromatic nitrogens is 2. The number of hydrogen-bond acceptors (Lipinski definition) is 6. The van der Waals surface area contributed by atoms with Gasteiger partial charge in [0.25, 0.3) is 5.56 Å². The van der Waals surface area contributed by atoms with Crippen LogP contribution in [-0.4, -0.2) is 34.3 Å². The minimum absolute atomic E-state index is 0.00365. The first kappa shape index (κ1) is 33.4. The molecular weight excluding hydrogens is 549 g/mol. The molecule has 0 aliphatic rings. The van der Waals surface area contributed by atoms with Crippen LogP contribution in [0.2, 0.25) is 0 Å². The van der Waals surface area contributed by atoms with Crippen LogP contribution in [0.15, 0.2) is 35.3 Å². The third kappa shape index (κ3) is 8.03. The van der Waals surface area contributed by atoms with E-state index in [9.17, 15) is 19.2 Å². The van der Waals surface area contributed by atoms with E-state index in [-0.39, 0.29) is 43.0 Å². The second-order valence-electron chi connectivity index (χ2n) is 11.6. The normalized spacial score (nSPS) is 12.6. The minimum atomic E-state index is -1.07. The first-order chi connectivity index (χ1) is 20.3. The summed E-state index contributed by atoms with van der Waals surface area (Å²) in [7, 11) is 0. The van der Waals surface area contributed by atoms with E-state index < -0.39 is 35.3 Å². The summed E-state index contributed by atoms with van der Waals surface area (Å²) in [6.45, 7) is 14.8. The lowest BCUT2D eigenvalue weighted by Gasteiger charge is -2.26. The summed E-state index contributed by atoms with van der Waals surface area (Å²) in [6.07, 6.45) is 2.06. The van der Waals surface area contributed by atoms with Gasteiger partial charge in [-0.2, -0.15) is 0 Å². The molecule has 0 spiro atoms. The number of hydrogen-bond donors (Lipinski definition) is 1. The van der Waals surface area contributed by atoms with Crippen LogP contribution in [0.1, 0.15) is 84.9 Å². The number of rotatable bonds is 12. The quantitative estimate of drug-likeness (QED) is 0.213. The standard InChI is InChI=1S/C34H42FN3O5/c1-9-43-30(40)17-28(27-16-25(15-23(7)32(27)35)31-21(5)13-20(4)14-22(31)6)37-33(41)29(12-19(2)3)38-18-26(10-11-39)36-24(8)34(38)42/h11,13-16,18-19,28-29H,9-10,12,17H2,1-8H3,(H,37,41)/t28-,29-/m0/s1. The van der Waals surface area contributed by atoms with Crippen molar-refractivity contribution in [3.8, 4) is 11.1 Å². The topological polar surface area (TPSA) is 107 Å². The van der Waals surface area contributed by atoms with Gasteiger partial charge in [-0.1, -0.05) is 31.5 Å². The number of nitrogens with one attached hydrogen (secondary N) is 1. The molecule has 0 radical (unpaired) electrons. The van der Waals surface area contributed by atoms with Crippen molar-refractivity contribution in [1.29, 1.82) is 0 Å². The summed E-state index contributed by atoms with van der Waals surface area (Å²) in [6, 6.07) is 5.50. The summed E-state index contributed by atoms with van der Waals surface area (Å²) in [5, 5.41) is 2.88. The van der Waals surface area contributed by atoms with Gasteiger partial charge in [-0.25, -0.2) is 4.39 Å². The van der Waals surface area contributed by atoms with Gasteiger partial charge in [0.05, 0.1) is 24.8 Å². The van der Waals surface area contributed by atoms with E-state index in [1.165, 1.54) is 17.7 Å². The van der Waals surface area contributed by atoms with Gasteiger partial charge in [0, 0.05) is 18.2 Å². The zero-order chi connectivity index (χ0) is 32.0. The van der Waals surface area contributed by atoms with Crippen molar-refractivity contribution >= 4 is 18.2 Å². The van der Waals surface area contributed by atoms with E-state index in [1.807, 2.05) is 34.6 Å².